The van der Waals surface area contributed by atoms with Gasteiger partial charge in [-0.1, -0.05) is 81.4 Å². The summed E-state index contributed by atoms with van der Waals surface area (Å²) in [5, 5.41) is 38.1. The number of carbonyl (C=O) groups is 4. The van der Waals surface area contributed by atoms with Gasteiger partial charge in [0.05, 0.1) is 34.8 Å². The van der Waals surface area contributed by atoms with Gasteiger partial charge >= 0.3 is 0 Å². The van der Waals surface area contributed by atoms with Crippen LogP contribution < -0.4 is 26.4 Å². The number of amides is 4. The SMILES string of the molecule is Cc1ncsc1-c1ccc([C@H](C)NC(=O)[C@@H]2C[C@@H](O)CN2C(=O)[C@@H](NC(=O)CCN2C[C@H]3CN(CCC(=O)NCc4ccc(CCOc5cc(-c6ccccc6O)nnc5N)cc4)C[C@H]3C2)C(C)(C)C)cc1. The number of anilines is 1. The highest BCUT2D eigenvalue weighted by atomic mass is 32.1. The normalized spacial score (nSPS) is 19.9. The standard InChI is InChI=1S/C54H68N10O7S/c1-33(37-14-16-38(17-15-37)49-34(2)57-32-72-49)58-52(69)44-24-41(65)31-64(44)53(70)50(54(3,4)5)59-48(68)19-22-63-29-39-27-62(28-40(39)30-63)21-18-47(67)56-26-36-12-10-35(11-13-36)20-23-71-46-25-43(60-61-51(46)55)42-8-6-7-9-45(42)66/h6-17,25,32-33,39-41,44,50,65-66H,18-24,26-31H2,1-5H3,(H2,55,61)(H,56,67)(H,58,69)(H,59,68)/t33-,39-,40+,41+,44-,50+/m0/s1. The van der Waals surface area contributed by atoms with Crippen LogP contribution in [0, 0.1) is 24.2 Å². The zero-order chi connectivity index (χ0) is 51.1. The summed E-state index contributed by atoms with van der Waals surface area (Å²) in [7, 11) is 0. The number of nitrogen functional groups attached to an aromatic ring is 1. The van der Waals surface area contributed by atoms with E-state index in [0.717, 1.165) is 59.0 Å². The number of β-amino-alcohol motifs (C(OH)–C–C–N with tert-alkyl or cyclic N) is 1. The molecule has 0 spiro atoms. The van der Waals surface area contributed by atoms with Crippen molar-refractivity contribution >= 4 is 40.8 Å². The lowest BCUT2D eigenvalue weighted by molar-refractivity contribution is -0.144. The van der Waals surface area contributed by atoms with Crippen LogP contribution in [0.25, 0.3) is 21.7 Å². The number of likely N-dealkylation sites (tertiary alicyclic amines) is 3. The second-order valence-corrected chi connectivity index (χ2v) is 21.5. The van der Waals surface area contributed by atoms with Gasteiger partial charge in [-0.3, -0.25) is 19.2 Å². The first-order chi connectivity index (χ1) is 34.5. The Morgan fingerprint density at radius 1 is 0.861 bits per heavy atom. The molecule has 382 valence electrons. The molecule has 0 bridgehead atoms. The number of hydrogen-bond acceptors (Lipinski definition) is 14. The first-order valence-electron chi connectivity index (χ1n) is 24.9. The van der Waals surface area contributed by atoms with Crippen molar-refractivity contribution in [1.29, 1.82) is 0 Å². The fraction of sp³-hybridized carbons (Fsp3) is 0.463. The van der Waals surface area contributed by atoms with Gasteiger partial charge in [0.25, 0.3) is 0 Å². The van der Waals surface area contributed by atoms with Crippen LogP contribution in [0.3, 0.4) is 0 Å². The summed E-state index contributed by atoms with van der Waals surface area (Å²) in [6.45, 7) is 15.2. The number of rotatable bonds is 19. The molecule has 3 aliphatic rings. The van der Waals surface area contributed by atoms with Gasteiger partial charge in [-0.25, -0.2) is 4.98 Å². The van der Waals surface area contributed by atoms with Crippen molar-refractivity contribution in [2.45, 2.75) is 91.1 Å². The molecule has 17 nitrogen and oxygen atoms in total. The van der Waals surface area contributed by atoms with Gasteiger partial charge < -0.3 is 51.3 Å². The Bertz CT molecular complexity index is 2680. The number of aryl methyl sites for hydroxylation is 1. The van der Waals surface area contributed by atoms with E-state index in [9.17, 15) is 29.4 Å². The maximum absolute atomic E-state index is 14.2. The van der Waals surface area contributed by atoms with Gasteiger partial charge in [0.15, 0.2) is 11.6 Å². The van der Waals surface area contributed by atoms with Crippen molar-refractivity contribution in [3.8, 4) is 33.2 Å². The molecule has 18 heteroatoms. The van der Waals surface area contributed by atoms with Crippen molar-refractivity contribution in [2.24, 2.45) is 17.3 Å². The van der Waals surface area contributed by atoms with E-state index >= 15 is 0 Å². The Hall–Kier alpha value is -6.47. The van der Waals surface area contributed by atoms with Crippen molar-refractivity contribution in [3.05, 3.63) is 107 Å². The largest absolute Gasteiger partial charge is 0.507 e. The molecule has 3 aromatic carbocycles. The summed E-state index contributed by atoms with van der Waals surface area (Å²) in [6.07, 6.45) is 0.536. The maximum Gasteiger partial charge on any atom is 0.246 e. The lowest BCUT2D eigenvalue weighted by Gasteiger charge is -2.35. The molecule has 3 aliphatic heterocycles. The molecule has 4 amide bonds. The second kappa shape index (κ2) is 22.9. The monoisotopic (exact) mass is 1000 g/mol. The van der Waals surface area contributed by atoms with E-state index in [-0.39, 0.29) is 60.6 Å². The molecule has 7 N–H and O–H groups in total. The molecule has 6 atom stereocenters. The number of fused-ring (bicyclic) bond motifs is 1. The number of aliphatic hydroxyl groups is 1. The highest BCUT2D eigenvalue weighted by Crippen LogP contribution is 2.34. The average molecular weight is 1000 g/mol. The minimum Gasteiger partial charge on any atom is -0.507 e. The van der Waals surface area contributed by atoms with Crippen molar-refractivity contribution < 1.29 is 34.1 Å². The van der Waals surface area contributed by atoms with Gasteiger partial charge in [-0.2, -0.15) is 0 Å². The highest BCUT2D eigenvalue weighted by molar-refractivity contribution is 7.13. The average Bonchev–Trinajstić information content (AvgIpc) is 4.16. The third kappa shape index (κ3) is 12.9. The van der Waals surface area contributed by atoms with Gasteiger partial charge in [0.2, 0.25) is 23.6 Å². The second-order valence-electron chi connectivity index (χ2n) is 20.6. The van der Waals surface area contributed by atoms with Crippen LogP contribution in [-0.4, -0.2) is 134 Å². The molecular weight excluding hydrogens is 933 g/mol. The molecular formula is C54H68N10O7S. The number of nitrogens with two attached hydrogens (primary N) is 1. The fourth-order valence-electron chi connectivity index (χ4n) is 10.0. The van der Waals surface area contributed by atoms with Crippen LogP contribution in [0.2, 0.25) is 0 Å². The number of nitrogens with zero attached hydrogens (tertiary/aromatic N) is 6. The number of aromatic nitrogens is 3. The van der Waals surface area contributed by atoms with Crippen LogP contribution in [0.4, 0.5) is 5.82 Å². The van der Waals surface area contributed by atoms with Crippen molar-refractivity contribution in [3.63, 3.8) is 0 Å². The first kappa shape index (κ1) is 51.9. The number of benzene rings is 3. The molecule has 2 aromatic heterocycles. The Morgan fingerprint density at radius 3 is 2.15 bits per heavy atom. The Morgan fingerprint density at radius 2 is 1.51 bits per heavy atom. The summed E-state index contributed by atoms with van der Waals surface area (Å²) < 4.78 is 5.93. The summed E-state index contributed by atoms with van der Waals surface area (Å²) >= 11 is 1.58. The predicted octanol–water partition coefficient (Wildman–Crippen LogP) is 5.11. The summed E-state index contributed by atoms with van der Waals surface area (Å²) in [6, 6.07) is 22.5. The van der Waals surface area contributed by atoms with Crippen LogP contribution in [0.1, 0.15) is 75.4 Å². The molecule has 0 unspecified atom stereocenters. The number of hydrogen-bond donors (Lipinski definition) is 6. The number of ether oxygens (including phenoxy) is 1. The third-order valence-electron chi connectivity index (χ3n) is 14.1. The van der Waals surface area contributed by atoms with Crippen LogP contribution in [-0.2, 0) is 32.1 Å². The van der Waals surface area contributed by atoms with E-state index in [0.29, 0.717) is 67.9 Å². The molecule has 0 aliphatic carbocycles. The lowest BCUT2D eigenvalue weighted by atomic mass is 9.85. The smallest absolute Gasteiger partial charge is 0.246 e. The summed E-state index contributed by atoms with van der Waals surface area (Å²) in [4.78, 5) is 65.9. The molecule has 0 saturated carbocycles. The first-order valence-corrected chi connectivity index (χ1v) is 25.8. The van der Waals surface area contributed by atoms with E-state index in [4.69, 9.17) is 10.5 Å². The van der Waals surface area contributed by atoms with Crippen molar-refractivity contribution in [1.82, 2.24) is 45.8 Å². The van der Waals surface area contributed by atoms with Crippen molar-refractivity contribution in [2.75, 3.05) is 58.2 Å². The predicted molar refractivity (Wildman–Crippen MR) is 276 cm³/mol. The number of aliphatic hydroxyl groups excluding tert-OH is 1. The van der Waals surface area contributed by atoms with Gasteiger partial charge in [0, 0.05) is 89.7 Å². The molecule has 5 heterocycles. The number of phenols is 1. The Balaban J connectivity index is 0.723. The van der Waals surface area contributed by atoms with E-state index < -0.39 is 23.6 Å². The Kier molecular flexibility index (Phi) is 16.5. The summed E-state index contributed by atoms with van der Waals surface area (Å²) in [5.74, 6) is 0.641. The zero-order valence-corrected chi connectivity index (χ0v) is 42.7. The van der Waals surface area contributed by atoms with Gasteiger partial charge in [0.1, 0.15) is 23.5 Å². The molecule has 3 fully saturated rings. The molecule has 8 rings (SSSR count). The lowest BCUT2D eigenvalue weighted by Crippen LogP contribution is -2.58. The minimum absolute atomic E-state index is 0.00510. The number of nitrogens with one attached hydrogen (secondary N) is 3. The number of para-hydroxylation sites is 1. The minimum atomic E-state index is -0.891. The highest BCUT2D eigenvalue weighted by Gasteiger charge is 2.45. The van der Waals surface area contributed by atoms with Gasteiger partial charge in [-0.05, 0) is 65.5 Å². The van der Waals surface area contributed by atoms with E-state index in [1.54, 1.807) is 41.7 Å². The van der Waals surface area contributed by atoms with E-state index in [1.807, 2.05) is 88.7 Å². The van der Waals surface area contributed by atoms with Crippen LogP contribution in [0.15, 0.2) is 84.4 Å². The Labute approximate surface area is 425 Å². The maximum atomic E-state index is 14.2. The molecule has 5 aromatic rings. The number of aromatic hydroxyl groups is 1. The molecule has 0 radical (unpaired) electrons. The van der Waals surface area contributed by atoms with Gasteiger partial charge in [-0.15, -0.1) is 21.5 Å². The number of phenolic OH excluding ortho intramolecular Hbond substituents is 1. The molecule has 72 heavy (non-hydrogen) atoms. The van der Waals surface area contributed by atoms with E-state index in [2.05, 4.69) is 40.9 Å². The zero-order valence-electron chi connectivity index (χ0n) is 41.8. The quantitative estimate of drug-likeness (QED) is 0.0633. The molecule has 3 saturated heterocycles. The summed E-state index contributed by atoms with van der Waals surface area (Å²) in [5.41, 5.74) is 13.2. The third-order valence-corrected chi connectivity index (χ3v) is 15.1. The topological polar surface area (TPSA) is 228 Å². The fourth-order valence-corrected chi connectivity index (χ4v) is 10.8. The number of thiazole rings is 1. The van der Waals surface area contributed by atoms with Crippen LogP contribution in [0.5, 0.6) is 11.5 Å². The van der Waals surface area contributed by atoms with E-state index in [1.165, 1.54) is 4.90 Å². The van der Waals surface area contributed by atoms with Crippen LogP contribution >= 0.6 is 11.3 Å². The number of carbonyl (C=O) groups excluding carboxylic acids is 4.